The maximum atomic E-state index is 13.7. The number of fused-ring (bicyclic) bond motifs is 1. The summed E-state index contributed by atoms with van der Waals surface area (Å²) in [6.07, 6.45) is 1.75. The number of hydrogen-bond acceptors (Lipinski definition) is 5. The number of para-hydroxylation sites is 3. The van der Waals surface area contributed by atoms with Crippen molar-refractivity contribution in [2.45, 2.75) is 32.4 Å². The summed E-state index contributed by atoms with van der Waals surface area (Å²) in [6, 6.07) is 17.2. The van der Waals surface area contributed by atoms with E-state index in [1.807, 2.05) is 54.6 Å². The van der Waals surface area contributed by atoms with Crippen LogP contribution in [0.1, 0.15) is 30.4 Å². The highest BCUT2D eigenvalue weighted by Gasteiger charge is 2.30. The van der Waals surface area contributed by atoms with Crippen molar-refractivity contribution in [1.82, 2.24) is 14.5 Å². The minimum absolute atomic E-state index is 0.0640. The molecule has 1 atom stereocenters. The molecule has 1 unspecified atom stereocenters. The summed E-state index contributed by atoms with van der Waals surface area (Å²) < 4.78 is 13.2. The fourth-order valence-electron chi connectivity index (χ4n) is 3.86. The second kappa shape index (κ2) is 9.20. The third-order valence-electron chi connectivity index (χ3n) is 5.30. The zero-order valence-electron chi connectivity index (χ0n) is 16.8. The monoisotopic (exact) mass is 393 g/mol. The highest BCUT2D eigenvalue weighted by atomic mass is 16.5. The smallest absolute Gasteiger partial charge is 0.250 e. The number of nitrogens with zero attached hydrogens (tertiary/aromatic N) is 3. The molecule has 6 heteroatoms. The molecule has 29 heavy (non-hydrogen) atoms. The molecule has 1 aromatic heterocycles. The van der Waals surface area contributed by atoms with E-state index in [1.165, 1.54) is 0 Å². The van der Waals surface area contributed by atoms with E-state index in [0.717, 1.165) is 42.7 Å². The zero-order valence-corrected chi connectivity index (χ0v) is 16.8. The molecule has 0 radical (unpaired) electrons. The molecule has 1 saturated heterocycles. The Labute approximate surface area is 171 Å². The van der Waals surface area contributed by atoms with Gasteiger partial charge in [-0.05, 0) is 30.7 Å². The van der Waals surface area contributed by atoms with E-state index in [0.29, 0.717) is 19.0 Å². The third-order valence-corrected chi connectivity index (χ3v) is 5.30. The summed E-state index contributed by atoms with van der Waals surface area (Å²) in [5, 5.41) is 0. The van der Waals surface area contributed by atoms with Crippen LogP contribution in [0.15, 0.2) is 54.6 Å². The molecule has 2 aromatic carbocycles. The third kappa shape index (κ3) is 4.33. The van der Waals surface area contributed by atoms with Gasteiger partial charge in [-0.15, -0.1) is 0 Å². The van der Waals surface area contributed by atoms with E-state index in [9.17, 15) is 4.79 Å². The Kier molecular flexibility index (Phi) is 6.22. The van der Waals surface area contributed by atoms with E-state index < -0.39 is 0 Å². The molecular weight excluding hydrogens is 366 g/mol. The lowest BCUT2D eigenvalue weighted by Gasteiger charge is -2.33. The molecule has 0 spiro atoms. The number of hydrogen-bond donors (Lipinski definition) is 0. The second-order valence-electron chi connectivity index (χ2n) is 7.24. The van der Waals surface area contributed by atoms with Crippen LogP contribution in [0.2, 0.25) is 0 Å². The molecule has 0 saturated carbocycles. The molecule has 1 aliphatic rings. The highest BCUT2D eigenvalue weighted by Crippen LogP contribution is 2.21. The van der Waals surface area contributed by atoms with Gasteiger partial charge in [-0.3, -0.25) is 14.3 Å². The first-order valence-electron chi connectivity index (χ1n) is 10.3. The SMILES string of the molecule is CCCC(C(=O)n1c(COc2ccccc2)nc2ccccc21)N1CCOCC1. The lowest BCUT2D eigenvalue weighted by atomic mass is 10.1. The van der Waals surface area contributed by atoms with Crippen LogP contribution >= 0.6 is 0 Å². The molecule has 1 aliphatic heterocycles. The Morgan fingerprint density at radius 2 is 1.83 bits per heavy atom. The number of carbonyl (C=O) groups excluding carboxylic acids is 1. The largest absolute Gasteiger partial charge is 0.486 e. The fraction of sp³-hybridized carbons (Fsp3) is 0.391. The topological polar surface area (TPSA) is 56.6 Å². The van der Waals surface area contributed by atoms with Crippen molar-refractivity contribution in [1.29, 1.82) is 0 Å². The average molecular weight is 393 g/mol. The van der Waals surface area contributed by atoms with Crippen molar-refractivity contribution in [3.63, 3.8) is 0 Å². The molecular formula is C23H27N3O3. The quantitative estimate of drug-likeness (QED) is 0.612. The molecule has 3 aromatic rings. The van der Waals surface area contributed by atoms with Crippen LogP contribution in [0.25, 0.3) is 11.0 Å². The first-order chi connectivity index (χ1) is 14.3. The summed E-state index contributed by atoms with van der Waals surface area (Å²) in [7, 11) is 0. The molecule has 0 N–H and O–H groups in total. The van der Waals surface area contributed by atoms with Crippen LogP contribution in [-0.2, 0) is 11.3 Å². The number of carbonyl (C=O) groups is 1. The van der Waals surface area contributed by atoms with Gasteiger partial charge in [0.25, 0.3) is 0 Å². The van der Waals surface area contributed by atoms with Gasteiger partial charge in [-0.1, -0.05) is 43.7 Å². The summed E-state index contributed by atoms with van der Waals surface area (Å²) in [4.78, 5) is 20.7. The Balaban J connectivity index is 1.67. The number of imidazole rings is 1. The van der Waals surface area contributed by atoms with Gasteiger partial charge in [0.05, 0.1) is 30.3 Å². The van der Waals surface area contributed by atoms with Gasteiger partial charge in [-0.25, -0.2) is 4.98 Å². The van der Waals surface area contributed by atoms with Crippen molar-refractivity contribution >= 4 is 16.9 Å². The number of ether oxygens (including phenoxy) is 2. The summed E-state index contributed by atoms with van der Waals surface area (Å²) in [5.41, 5.74) is 1.64. The van der Waals surface area contributed by atoms with E-state index >= 15 is 0 Å². The normalized spacial score (nSPS) is 16.0. The first-order valence-corrected chi connectivity index (χ1v) is 10.3. The van der Waals surface area contributed by atoms with Crippen LogP contribution in [-0.4, -0.2) is 52.7 Å². The second-order valence-corrected chi connectivity index (χ2v) is 7.24. The molecule has 6 nitrogen and oxygen atoms in total. The lowest BCUT2D eigenvalue weighted by molar-refractivity contribution is 0.0131. The van der Waals surface area contributed by atoms with Gasteiger partial charge in [0, 0.05) is 13.1 Å². The van der Waals surface area contributed by atoms with Gasteiger partial charge in [0.15, 0.2) is 5.82 Å². The first kappa shape index (κ1) is 19.6. The van der Waals surface area contributed by atoms with Crippen molar-refractivity contribution in [3.8, 4) is 5.75 Å². The maximum absolute atomic E-state index is 13.7. The molecule has 152 valence electrons. The number of rotatable bonds is 7. The fourth-order valence-corrected chi connectivity index (χ4v) is 3.86. The number of aromatic nitrogens is 2. The van der Waals surface area contributed by atoms with Crippen LogP contribution in [0.4, 0.5) is 0 Å². The molecule has 0 amide bonds. The predicted molar refractivity (Wildman–Crippen MR) is 112 cm³/mol. The van der Waals surface area contributed by atoms with Crippen molar-refractivity contribution in [3.05, 3.63) is 60.4 Å². The maximum Gasteiger partial charge on any atom is 0.250 e. The van der Waals surface area contributed by atoms with Crippen LogP contribution in [0.3, 0.4) is 0 Å². The highest BCUT2D eigenvalue weighted by molar-refractivity contribution is 5.94. The summed E-state index contributed by atoms with van der Waals surface area (Å²) >= 11 is 0. The Morgan fingerprint density at radius 3 is 2.59 bits per heavy atom. The molecule has 0 aliphatic carbocycles. The van der Waals surface area contributed by atoms with Crippen molar-refractivity contribution < 1.29 is 14.3 Å². The molecule has 2 heterocycles. The van der Waals surface area contributed by atoms with Crippen LogP contribution in [0.5, 0.6) is 5.75 Å². The molecule has 4 rings (SSSR count). The van der Waals surface area contributed by atoms with Gasteiger partial charge in [0.2, 0.25) is 5.91 Å². The van der Waals surface area contributed by atoms with Gasteiger partial charge in [-0.2, -0.15) is 0 Å². The standard InChI is InChI=1S/C23H27N3O3/c1-2-8-21(25-13-15-28-16-14-25)23(27)26-20-12-7-6-11-19(20)24-22(26)17-29-18-9-4-3-5-10-18/h3-7,9-12,21H,2,8,13-17H2,1H3. The Hall–Kier alpha value is -2.70. The Bertz CT molecular complexity index is 948. The van der Waals surface area contributed by atoms with Crippen LogP contribution in [0, 0.1) is 0 Å². The lowest BCUT2D eigenvalue weighted by Crippen LogP contribution is -2.49. The van der Waals surface area contributed by atoms with Gasteiger partial charge in [0.1, 0.15) is 12.4 Å². The molecule has 1 fully saturated rings. The number of benzene rings is 2. The van der Waals surface area contributed by atoms with E-state index in [4.69, 9.17) is 14.5 Å². The van der Waals surface area contributed by atoms with Crippen LogP contribution < -0.4 is 4.74 Å². The van der Waals surface area contributed by atoms with E-state index in [2.05, 4.69) is 11.8 Å². The number of morpholine rings is 1. The van der Waals surface area contributed by atoms with Gasteiger partial charge < -0.3 is 9.47 Å². The van der Waals surface area contributed by atoms with Crippen molar-refractivity contribution in [2.75, 3.05) is 26.3 Å². The van der Waals surface area contributed by atoms with E-state index in [1.54, 1.807) is 4.57 Å². The summed E-state index contributed by atoms with van der Waals surface area (Å²) in [5.74, 6) is 1.46. The minimum Gasteiger partial charge on any atom is -0.486 e. The predicted octanol–water partition coefficient (Wildman–Crippen LogP) is 3.76. The minimum atomic E-state index is -0.183. The van der Waals surface area contributed by atoms with Crippen molar-refractivity contribution in [2.24, 2.45) is 0 Å². The zero-order chi connectivity index (χ0) is 20.1. The van der Waals surface area contributed by atoms with E-state index in [-0.39, 0.29) is 18.6 Å². The summed E-state index contributed by atoms with van der Waals surface area (Å²) in [6.45, 7) is 5.25. The average Bonchev–Trinajstić information content (AvgIpc) is 3.15. The molecule has 0 bridgehead atoms. The Morgan fingerprint density at radius 1 is 1.10 bits per heavy atom. The van der Waals surface area contributed by atoms with Gasteiger partial charge >= 0.3 is 0 Å².